The Hall–Kier alpha value is -2.58. The van der Waals surface area contributed by atoms with Gasteiger partial charge in [0.2, 0.25) is 5.91 Å². The van der Waals surface area contributed by atoms with Crippen LogP contribution in [0.3, 0.4) is 0 Å². The van der Waals surface area contributed by atoms with Gasteiger partial charge in [-0.2, -0.15) is 0 Å². The molecule has 0 aliphatic heterocycles. The van der Waals surface area contributed by atoms with E-state index in [1.807, 2.05) is 21.1 Å². The highest BCUT2D eigenvalue weighted by atomic mass is 31.2. The van der Waals surface area contributed by atoms with E-state index in [2.05, 4.69) is 116 Å². The molecule has 9 heteroatoms. The van der Waals surface area contributed by atoms with Gasteiger partial charge in [0.05, 0.1) is 39.9 Å². The van der Waals surface area contributed by atoms with Crippen LogP contribution in [0, 0.1) is 0 Å². The van der Waals surface area contributed by atoms with Gasteiger partial charge < -0.3 is 19.8 Å². The van der Waals surface area contributed by atoms with Crippen molar-refractivity contribution in [1.29, 1.82) is 0 Å². The highest BCUT2D eigenvalue weighted by molar-refractivity contribution is 7.47. The molecule has 0 aliphatic rings. The molecule has 0 saturated carbocycles. The van der Waals surface area contributed by atoms with Gasteiger partial charge >= 0.3 is 7.82 Å². The molecule has 0 rings (SSSR count). The summed E-state index contributed by atoms with van der Waals surface area (Å²) in [5, 5.41) is 13.9. The van der Waals surface area contributed by atoms with Crippen LogP contribution in [-0.4, -0.2) is 73.4 Å². The number of unbranched alkanes of at least 4 members (excludes halogenated alkanes) is 21. The number of quaternary nitrogens is 1. The third kappa shape index (κ3) is 53.1. The van der Waals surface area contributed by atoms with Crippen LogP contribution in [-0.2, 0) is 18.4 Å². The summed E-state index contributed by atoms with van der Waals surface area (Å²) in [6.45, 7) is 4.73. The molecule has 1 amide bonds. The average Bonchev–Trinajstić information content (AvgIpc) is 3.31. The fourth-order valence-electron chi connectivity index (χ4n) is 7.71. The molecule has 0 fully saturated rings. The van der Waals surface area contributed by atoms with Gasteiger partial charge in [0, 0.05) is 6.42 Å². The van der Waals surface area contributed by atoms with E-state index in [1.54, 1.807) is 0 Å². The van der Waals surface area contributed by atoms with Gasteiger partial charge in [-0.3, -0.25) is 13.8 Å². The van der Waals surface area contributed by atoms with Crippen molar-refractivity contribution in [2.45, 2.75) is 238 Å². The molecule has 0 bridgehead atoms. The molecule has 0 aliphatic carbocycles. The number of hydrogen-bond donors (Lipinski definition) is 3. The summed E-state index contributed by atoms with van der Waals surface area (Å²) in [4.78, 5) is 23.2. The third-order valence-corrected chi connectivity index (χ3v) is 13.1. The molecule has 8 nitrogen and oxygen atoms in total. The lowest BCUT2D eigenvalue weighted by molar-refractivity contribution is -0.870. The number of phosphoric acid groups is 1. The summed E-state index contributed by atoms with van der Waals surface area (Å²) in [5.74, 6) is -0.151. The van der Waals surface area contributed by atoms with Crippen molar-refractivity contribution >= 4 is 13.7 Å². The maximum absolute atomic E-state index is 12.9. The van der Waals surface area contributed by atoms with E-state index in [1.165, 1.54) is 109 Å². The summed E-state index contributed by atoms with van der Waals surface area (Å²) in [6, 6.07) is -0.762. The molecule has 0 aromatic carbocycles. The number of aliphatic hydroxyl groups is 1. The van der Waals surface area contributed by atoms with Gasteiger partial charge in [-0.05, 0) is 77.0 Å². The summed E-state index contributed by atoms with van der Waals surface area (Å²) >= 11 is 0. The van der Waals surface area contributed by atoms with Crippen LogP contribution in [0.5, 0.6) is 0 Å². The van der Waals surface area contributed by atoms with Gasteiger partial charge in [-0.15, -0.1) is 0 Å². The largest absolute Gasteiger partial charge is 0.472 e. The van der Waals surface area contributed by atoms with E-state index in [0.717, 1.165) is 89.9 Å². The lowest BCUT2D eigenvalue weighted by Gasteiger charge is -2.26. The zero-order valence-corrected chi connectivity index (χ0v) is 46.2. The van der Waals surface area contributed by atoms with Gasteiger partial charge in [0.15, 0.2) is 0 Å². The van der Waals surface area contributed by atoms with Crippen LogP contribution >= 0.6 is 7.82 Å². The normalized spacial score (nSPS) is 14.7. The van der Waals surface area contributed by atoms with Gasteiger partial charge in [-0.25, -0.2) is 4.57 Å². The maximum Gasteiger partial charge on any atom is 0.472 e. The second-order valence-electron chi connectivity index (χ2n) is 19.9. The zero-order chi connectivity index (χ0) is 50.6. The molecule has 3 N–H and O–H groups in total. The van der Waals surface area contributed by atoms with Crippen LogP contribution in [0.1, 0.15) is 226 Å². The first kappa shape index (κ1) is 66.4. The van der Waals surface area contributed by atoms with E-state index < -0.39 is 20.0 Å². The molecule has 3 unspecified atom stereocenters. The lowest BCUT2D eigenvalue weighted by atomic mass is 10.0. The summed E-state index contributed by atoms with van der Waals surface area (Å²) in [6.07, 6.45) is 72.0. The molecule has 3 atom stereocenters. The smallest absolute Gasteiger partial charge is 0.391 e. The summed E-state index contributed by atoms with van der Waals surface area (Å²) < 4.78 is 23.6. The van der Waals surface area contributed by atoms with E-state index in [9.17, 15) is 19.4 Å². The Kier molecular flexibility index (Phi) is 48.5. The fraction of sp³-hybridized carbons (Fsp3) is 0.717. The SMILES string of the molecule is CC/C=C\C/C=C\C/C=C\C/C=C\C/C=C\C/C=C\C/C=C\C/C=C\CCCCCCCCCCCCCCCCC(=O)NC(COP(=O)(O)OCC[N+](C)(C)C)C(O)CCCCCCCCCC. The van der Waals surface area contributed by atoms with E-state index in [4.69, 9.17) is 9.05 Å². The average molecular weight is 985 g/mol. The molecule has 0 spiro atoms. The quantitative estimate of drug-likeness (QED) is 0.0243. The highest BCUT2D eigenvalue weighted by Crippen LogP contribution is 2.43. The molecule has 0 radical (unpaired) electrons. The third-order valence-electron chi connectivity index (χ3n) is 12.1. The number of carbonyl (C=O) groups is 1. The Morgan fingerprint density at radius 2 is 0.870 bits per heavy atom. The number of rotatable bonds is 50. The molecule has 0 heterocycles. The van der Waals surface area contributed by atoms with Crippen LogP contribution in [0.4, 0.5) is 0 Å². The molecular weight excluding hydrogens is 876 g/mol. The second kappa shape index (κ2) is 50.4. The predicted octanol–water partition coefficient (Wildman–Crippen LogP) is 17.0. The van der Waals surface area contributed by atoms with Gasteiger partial charge in [-0.1, -0.05) is 239 Å². The van der Waals surface area contributed by atoms with Crippen molar-refractivity contribution in [2.24, 2.45) is 0 Å². The first-order valence-electron chi connectivity index (χ1n) is 28.1. The van der Waals surface area contributed by atoms with Crippen molar-refractivity contribution in [3.05, 3.63) is 97.2 Å². The van der Waals surface area contributed by atoms with Gasteiger partial charge in [0.25, 0.3) is 0 Å². The molecule has 0 saturated heterocycles. The summed E-state index contributed by atoms with van der Waals surface area (Å²) in [7, 11) is 1.61. The monoisotopic (exact) mass is 984 g/mol. The minimum Gasteiger partial charge on any atom is -0.391 e. The molecule has 398 valence electrons. The second-order valence-corrected chi connectivity index (χ2v) is 21.4. The number of amides is 1. The Morgan fingerprint density at radius 1 is 0.507 bits per heavy atom. The predicted molar refractivity (Wildman–Crippen MR) is 299 cm³/mol. The Balaban J connectivity index is 3.91. The maximum atomic E-state index is 12.9. The highest BCUT2D eigenvalue weighted by Gasteiger charge is 2.28. The topological polar surface area (TPSA) is 105 Å². The lowest BCUT2D eigenvalue weighted by Crippen LogP contribution is -2.46. The summed E-state index contributed by atoms with van der Waals surface area (Å²) in [5.41, 5.74) is 0. The molecule has 69 heavy (non-hydrogen) atoms. The number of carbonyl (C=O) groups excluding carboxylic acids is 1. The van der Waals surface area contributed by atoms with Crippen molar-refractivity contribution in [1.82, 2.24) is 5.32 Å². The van der Waals surface area contributed by atoms with Crippen LogP contribution in [0.15, 0.2) is 97.2 Å². The standard InChI is InChI=1S/C60H107N2O6P/c1-6-8-10-12-14-16-17-18-19-20-21-22-23-24-25-26-27-28-29-30-31-32-33-34-35-36-37-38-39-40-41-42-43-44-45-46-48-50-52-54-60(64)61-58(57-68-69(65,66)67-56-55-62(3,4)5)59(63)53-51-49-47-15-13-11-9-7-2/h8,10,14,16,18-19,21-22,24-25,27-28,30-31,33-34,58-59,63H,6-7,9,11-13,15,17,20,23,26,29,32,35-57H2,1-5H3,(H-,61,64,65,66)/p+1/b10-8-,16-14-,19-18-,22-21-,25-24-,28-27-,31-30-,34-33-. The van der Waals surface area contributed by atoms with Crippen LogP contribution in [0.25, 0.3) is 0 Å². The van der Waals surface area contributed by atoms with Crippen molar-refractivity contribution in [2.75, 3.05) is 40.9 Å². The number of aliphatic hydroxyl groups excluding tert-OH is 1. The van der Waals surface area contributed by atoms with Crippen LogP contribution in [0.2, 0.25) is 0 Å². The molecular formula is C60H108N2O6P+. The van der Waals surface area contributed by atoms with E-state index >= 15 is 0 Å². The number of allylic oxidation sites excluding steroid dienone is 16. The van der Waals surface area contributed by atoms with Crippen molar-refractivity contribution in [3.63, 3.8) is 0 Å². The Morgan fingerprint density at radius 3 is 1.28 bits per heavy atom. The molecule has 0 aromatic heterocycles. The minimum atomic E-state index is -4.31. The fourth-order valence-corrected chi connectivity index (χ4v) is 8.44. The number of nitrogens with one attached hydrogen (secondary N) is 1. The van der Waals surface area contributed by atoms with Crippen molar-refractivity contribution in [3.8, 4) is 0 Å². The Labute approximate surface area is 426 Å². The van der Waals surface area contributed by atoms with E-state index in [-0.39, 0.29) is 19.1 Å². The zero-order valence-electron chi connectivity index (χ0n) is 45.3. The van der Waals surface area contributed by atoms with Crippen LogP contribution < -0.4 is 5.32 Å². The Bertz CT molecular complexity index is 1440. The van der Waals surface area contributed by atoms with Crippen molar-refractivity contribution < 1.29 is 32.9 Å². The number of phosphoric ester groups is 1. The minimum absolute atomic E-state index is 0.0713. The molecule has 0 aromatic rings. The number of likely N-dealkylation sites (N-methyl/N-ethyl adjacent to an activating group) is 1. The number of nitrogens with zero attached hydrogens (tertiary/aromatic N) is 1. The first-order chi connectivity index (χ1) is 33.5. The first-order valence-corrected chi connectivity index (χ1v) is 29.6. The number of hydrogen-bond acceptors (Lipinski definition) is 5. The van der Waals surface area contributed by atoms with Gasteiger partial charge in [0.1, 0.15) is 13.2 Å². The van der Waals surface area contributed by atoms with E-state index in [0.29, 0.717) is 23.9 Å².